The van der Waals surface area contributed by atoms with Gasteiger partial charge in [-0.1, -0.05) is 12.1 Å². The number of carbonyl (C=O) groups is 1. The first-order valence-electron chi connectivity index (χ1n) is 8.25. The van der Waals surface area contributed by atoms with Gasteiger partial charge >= 0.3 is 5.97 Å². The molecular weight excluding hydrogens is 386 g/mol. The van der Waals surface area contributed by atoms with Crippen LogP contribution in [0.25, 0.3) is 0 Å². The molecule has 0 aliphatic rings. The third-order valence-electron chi connectivity index (χ3n) is 4.16. The quantitative estimate of drug-likeness (QED) is 0.668. The molecule has 2 aromatic carbocycles. The lowest BCUT2D eigenvalue weighted by atomic mass is 10.1. The zero-order chi connectivity index (χ0) is 20.9. The number of ether oxygens (including phenoxy) is 4. The highest BCUT2D eigenvalue weighted by molar-refractivity contribution is 7.89. The molecule has 2 rings (SSSR count). The molecule has 0 aliphatic heterocycles. The van der Waals surface area contributed by atoms with E-state index in [1.165, 1.54) is 40.6 Å². The average Bonchev–Trinajstić information content (AvgIpc) is 2.70. The van der Waals surface area contributed by atoms with Crippen LogP contribution in [-0.4, -0.2) is 42.8 Å². The van der Waals surface area contributed by atoms with Gasteiger partial charge in [-0.3, -0.25) is 0 Å². The number of carbonyl (C=O) groups excluding carboxylic acids is 1. The summed E-state index contributed by atoms with van der Waals surface area (Å²) in [6.45, 7) is 1.65. The van der Waals surface area contributed by atoms with E-state index in [0.717, 1.165) is 0 Å². The van der Waals surface area contributed by atoms with Crippen LogP contribution in [0, 0.1) is 6.92 Å². The predicted octanol–water partition coefficient (Wildman–Crippen LogP) is 2.29. The SMILES string of the molecule is COC(=O)c1cc(S(=O)(=O)NCc2ccc(OC)c(OC)c2OC)ccc1C. The van der Waals surface area contributed by atoms with Crippen LogP contribution in [0.5, 0.6) is 17.2 Å². The van der Waals surface area contributed by atoms with Gasteiger partial charge in [0.1, 0.15) is 0 Å². The van der Waals surface area contributed by atoms with Crippen molar-refractivity contribution in [2.45, 2.75) is 18.4 Å². The van der Waals surface area contributed by atoms with Crippen molar-refractivity contribution in [2.75, 3.05) is 28.4 Å². The van der Waals surface area contributed by atoms with E-state index in [1.807, 2.05) is 0 Å². The highest BCUT2D eigenvalue weighted by atomic mass is 32.2. The first-order valence-corrected chi connectivity index (χ1v) is 9.73. The molecule has 1 N–H and O–H groups in total. The van der Waals surface area contributed by atoms with Crippen LogP contribution in [-0.2, 0) is 21.3 Å². The first kappa shape index (κ1) is 21.5. The molecule has 0 saturated carbocycles. The Hall–Kier alpha value is -2.78. The van der Waals surface area contributed by atoms with Crippen LogP contribution in [0.1, 0.15) is 21.5 Å². The molecule has 2 aromatic rings. The first-order chi connectivity index (χ1) is 13.3. The highest BCUT2D eigenvalue weighted by Crippen LogP contribution is 2.39. The molecule has 0 fully saturated rings. The summed E-state index contributed by atoms with van der Waals surface area (Å²) in [5.41, 5.74) is 1.37. The van der Waals surface area contributed by atoms with Crippen LogP contribution in [0.2, 0.25) is 0 Å². The van der Waals surface area contributed by atoms with Crippen LogP contribution >= 0.6 is 0 Å². The zero-order valence-electron chi connectivity index (χ0n) is 16.4. The summed E-state index contributed by atoms with van der Waals surface area (Å²) in [6, 6.07) is 7.60. The molecule has 0 spiro atoms. The van der Waals surface area contributed by atoms with Crippen LogP contribution < -0.4 is 18.9 Å². The molecule has 0 unspecified atom stereocenters. The Morgan fingerprint density at radius 1 is 0.964 bits per heavy atom. The van der Waals surface area contributed by atoms with E-state index in [2.05, 4.69) is 4.72 Å². The number of hydrogen-bond acceptors (Lipinski definition) is 7. The van der Waals surface area contributed by atoms with Crippen molar-refractivity contribution in [1.29, 1.82) is 0 Å². The van der Waals surface area contributed by atoms with Gasteiger partial charge in [0.25, 0.3) is 0 Å². The molecule has 0 saturated heterocycles. The molecule has 28 heavy (non-hydrogen) atoms. The second-order valence-electron chi connectivity index (χ2n) is 5.79. The van der Waals surface area contributed by atoms with Crippen molar-refractivity contribution in [3.05, 3.63) is 47.0 Å². The van der Waals surface area contributed by atoms with Crippen LogP contribution in [0.4, 0.5) is 0 Å². The molecule has 0 bridgehead atoms. The molecule has 152 valence electrons. The minimum Gasteiger partial charge on any atom is -0.493 e. The number of methoxy groups -OCH3 is 4. The summed E-state index contributed by atoms with van der Waals surface area (Å²) >= 11 is 0. The number of nitrogens with one attached hydrogen (secondary N) is 1. The Balaban J connectivity index is 2.33. The van der Waals surface area contributed by atoms with Gasteiger partial charge in [0.15, 0.2) is 11.5 Å². The number of sulfonamides is 1. The summed E-state index contributed by atoms with van der Waals surface area (Å²) < 4.78 is 48.5. The van der Waals surface area contributed by atoms with Gasteiger partial charge in [-0.2, -0.15) is 0 Å². The van der Waals surface area contributed by atoms with Crippen molar-refractivity contribution < 1.29 is 32.2 Å². The second-order valence-corrected chi connectivity index (χ2v) is 7.55. The van der Waals surface area contributed by atoms with E-state index in [-0.39, 0.29) is 17.0 Å². The van der Waals surface area contributed by atoms with Gasteiger partial charge in [0.05, 0.1) is 38.9 Å². The molecule has 9 heteroatoms. The smallest absolute Gasteiger partial charge is 0.338 e. The standard InChI is InChI=1S/C19H23NO7S/c1-12-6-8-14(10-15(12)19(21)27-5)28(22,23)20-11-13-7-9-16(24-2)18(26-4)17(13)25-3/h6-10,20H,11H2,1-5H3. The van der Waals surface area contributed by atoms with Crippen molar-refractivity contribution >= 4 is 16.0 Å². The van der Waals surface area contributed by atoms with Crippen molar-refractivity contribution in [2.24, 2.45) is 0 Å². The van der Waals surface area contributed by atoms with Crippen molar-refractivity contribution in [3.63, 3.8) is 0 Å². The maximum absolute atomic E-state index is 12.7. The lowest BCUT2D eigenvalue weighted by Crippen LogP contribution is -2.24. The van der Waals surface area contributed by atoms with Crippen LogP contribution in [0.15, 0.2) is 35.2 Å². The van der Waals surface area contributed by atoms with E-state index in [1.54, 1.807) is 25.1 Å². The minimum atomic E-state index is -3.89. The van der Waals surface area contributed by atoms with Crippen molar-refractivity contribution in [3.8, 4) is 17.2 Å². The van der Waals surface area contributed by atoms with Gasteiger partial charge in [-0.15, -0.1) is 0 Å². The minimum absolute atomic E-state index is 0.0436. The number of esters is 1. The monoisotopic (exact) mass is 409 g/mol. The third-order valence-corrected chi connectivity index (χ3v) is 5.56. The van der Waals surface area contributed by atoms with E-state index < -0.39 is 16.0 Å². The molecule has 0 heterocycles. The van der Waals surface area contributed by atoms with Gasteiger partial charge in [-0.05, 0) is 30.7 Å². The topological polar surface area (TPSA) is 100 Å². The average molecular weight is 409 g/mol. The highest BCUT2D eigenvalue weighted by Gasteiger charge is 2.21. The Bertz CT molecular complexity index is 970. The summed E-state index contributed by atoms with van der Waals surface area (Å²) in [5.74, 6) is 0.594. The molecule has 8 nitrogen and oxygen atoms in total. The summed E-state index contributed by atoms with van der Waals surface area (Å²) in [4.78, 5) is 11.8. The molecule has 0 atom stereocenters. The number of benzene rings is 2. The maximum Gasteiger partial charge on any atom is 0.338 e. The number of hydrogen-bond donors (Lipinski definition) is 1. The summed E-state index contributed by atoms with van der Waals surface area (Å²) in [6.07, 6.45) is 0. The molecule has 0 amide bonds. The fraction of sp³-hybridized carbons (Fsp3) is 0.316. The fourth-order valence-corrected chi connectivity index (χ4v) is 3.69. The zero-order valence-corrected chi connectivity index (χ0v) is 17.2. The Morgan fingerprint density at radius 3 is 2.21 bits per heavy atom. The van der Waals surface area contributed by atoms with E-state index in [4.69, 9.17) is 18.9 Å². The van der Waals surface area contributed by atoms with Gasteiger partial charge in [0, 0.05) is 12.1 Å². The number of aryl methyl sites for hydroxylation is 1. The lowest BCUT2D eigenvalue weighted by molar-refractivity contribution is 0.0599. The van der Waals surface area contributed by atoms with Gasteiger partial charge in [0.2, 0.25) is 15.8 Å². The van der Waals surface area contributed by atoms with Crippen LogP contribution in [0.3, 0.4) is 0 Å². The van der Waals surface area contributed by atoms with E-state index in [9.17, 15) is 13.2 Å². The third kappa shape index (κ3) is 4.37. The molecule has 0 aromatic heterocycles. The molecule has 0 aliphatic carbocycles. The predicted molar refractivity (Wildman–Crippen MR) is 103 cm³/mol. The normalized spacial score (nSPS) is 11.0. The van der Waals surface area contributed by atoms with E-state index in [0.29, 0.717) is 28.4 Å². The Morgan fingerprint density at radius 2 is 1.64 bits per heavy atom. The van der Waals surface area contributed by atoms with Gasteiger partial charge < -0.3 is 18.9 Å². The second kappa shape index (κ2) is 8.94. The summed E-state index contributed by atoms with van der Waals surface area (Å²) in [5, 5.41) is 0. The summed E-state index contributed by atoms with van der Waals surface area (Å²) in [7, 11) is 1.77. The molecular formula is C19H23NO7S. The Kier molecular flexibility index (Phi) is 6.87. The van der Waals surface area contributed by atoms with Crippen molar-refractivity contribution in [1.82, 2.24) is 4.72 Å². The fourth-order valence-electron chi connectivity index (χ4n) is 2.66. The van der Waals surface area contributed by atoms with Gasteiger partial charge in [-0.25, -0.2) is 17.9 Å². The molecule has 0 radical (unpaired) electrons. The lowest BCUT2D eigenvalue weighted by Gasteiger charge is -2.16. The number of rotatable bonds is 8. The largest absolute Gasteiger partial charge is 0.493 e. The Labute approximate surface area is 164 Å². The maximum atomic E-state index is 12.7. The van der Waals surface area contributed by atoms with E-state index >= 15 is 0 Å².